The Bertz CT molecular complexity index is 1630. The smallest absolute Gasteiger partial charge is 0.253 e. The molecule has 0 unspecified atom stereocenters. The lowest BCUT2D eigenvalue weighted by molar-refractivity contribution is 0.0714. The van der Waals surface area contributed by atoms with Gasteiger partial charge in [0.2, 0.25) is 5.95 Å². The predicted octanol–water partition coefficient (Wildman–Crippen LogP) is 5.69. The Morgan fingerprint density at radius 3 is 2.67 bits per heavy atom. The molecule has 39 heavy (non-hydrogen) atoms. The quantitative estimate of drug-likeness (QED) is 0.297. The maximum absolute atomic E-state index is 13.6. The van der Waals surface area contributed by atoms with Gasteiger partial charge < -0.3 is 15.0 Å². The number of ether oxygens (including phenoxy) is 1. The maximum atomic E-state index is 13.6. The molecule has 8 nitrogen and oxygen atoms in total. The predicted molar refractivity (Wildman–Crippen MR) is 150 cm³/mol. The second kappa shape index (κ2) is 10.5. The van der Waals surface area contributed by atoms with E-state index in [4.69, 9.17) is 14.7 Å². The molecule has 1 N–H and O–H groups in total. The van der Waals surface area contributed by atoms with Gasteiger partial charge in [0.25, 0.3) is 5.91 Å². The van der Waals surface area contributed by atoms with Crippen molar-refractivity contribution in [2.24, 2.45) is 0 Å². The van der Waals surface area contributed by atoms with Crippen LogP contribution < -0.4 is 10.1 Å². The number of hydrogen-bond acceptors (Lipinski definition) is 7. The second-order valence-corrected chi connectivity index (χ2v) is 10.8. The van der Waals surface area contributed by atoms with Gasteiger partial charge in [0.15, 0.2) is 4.96 Å². The van der Waals surface area contributed by atoms with Gasteiger partial charge in [-0.3, -0.25) is 9.20 Å². The molecule has 0 radical (unpaired) electrons. The second-order valence-electron chi connectivity index (χ2n) is 9.54. The van der Waals surface area contributed by atoms with E-state index in [1.165, 1.54) is 12.1 Å². The summed E-state index contributed by atoms with van der Waals surface area (Å²) in [5, 5.41) is 3.44. The number of thiazole rings is 1. The molecule has 6 rings (SSSR count). The van der Waals surface area contributed by atoms with E-state index in [2.05, 4.69) is 10.3 Å². The number of benzene rings is 2. The number of fused-ring (bicyclic) bond motifs is 1. The number of carbonyl (C=O) groups is 1. The lowest BCUT2D eigenvalue weighted by atomic mass is 10.0. The first-order valence-corrected chi connectivity index (χ1v) is 13.6. The number of nitrogens with one attached hydrogen (secondary N) is 1. The third-order valence-corrected chi connectivity index (χ3v) is 7.73. The maximum Gasteiger partial charge on any atom is 0.253 e. The van der Waals surface area contributed by atoms with Crippen LogP contribution in [0.25, 0.3) is 27.6 Å². The summed E-state index contributed by atoms with van der Waals surface area (Å²) in [6.45, 7) is 3.30. The van der Waals surface area contributed by atoms with E-state index in [0.717, 1.165) is 45.4 Å². The molecule has 1 aliphatic rings. The van der Waals surface area contributed by atoms with Crippen LogP contribution in [-0.4, -0.2) is 56.4 Å². The average Bonchev–Trinajstić information content (AvgIpc) is 3.49. The van der Waals surface area contributed by atoms with Crippen LogP contribution >= 0.6 is 11.3 Å². The van der Waals surface area contributed by atoms with Crippen molar-refractivity contribution in [3.05, 3.63) is 83.2 Å². The Morgan fingerprint density at radius 1 is 1.10 bits per heavy atom. The van der Waals surface area contributed by atoms with E-state index in [0.29, 0.717) is 30.3 Å². The van der Waals surface area contributed by atoms with Gasteiger partial charge in [-0.25, -0.2) is 19.3 Å². The molecule has 1 amide bonds. The highest BCUT2D eigenvalue weighted by Gasteiger charge is 2.26. The number of aryl methyl sites for hydroxylation is 1. The summed E-state index contributed by atoms with van der Waals surface area (Å²) >= 11 is 1.59. The third kappa shape index (κ3) is 5.07. The first kappa shape index (κ1) is 25.0. The molecule has 1 saturated heterocycles. The lowest BCUT2D eigenvalue weighted by Crippen LogP contribution is -2.45. The summed E-state index contributed by atoms with van der Waals surface area (Å²) in [5.74, 6) is 0.913. The fourth-order valence-electron chi connectivity index (χ4n) is 4.95. The number of carbonyl (C=O) groups excluding carboxylic acids is 1. The van der Waals surface area contributed by atoms with Gasteiger partial charge in [0.05, 0.1) is 18.5 Å². The van der Waals surface area contributed by atoms with E-state index < -0.39 is 0 Å². The topological polar surface area (TPSA) is 84.6 Å². The average molecular weight is 543 g/mol. The molecule has 1 aliphatic heterocycles. The first-order valence-electron chi connectivity index (χ1n) is 12.8. The summed E-state index contributed by atoms with van der Waals surface area (Å²) in [4.78, 5) is 31.1. The van der Waals surface area contributed by atoms with Crippen molar-refractivity contribution in [3.8, 4) is 28.4 Å². The normalized spacial score (nSPS) is 15.5. The number of anilines is 1. The van der Waals surface area contributed by atoms with E-state index in [1.54, 1.807) is 61.0 Å². The van der Waals surface area contributed by atoms with Crippen LogP contribution in [0.4, 0.5) is 10.3 Å². The molecular weight excluding hydrogens is 515 g/mol. The van der Waals surface area contributed by atoms with Crippen molar-refractivity contribution in [3.63, 3.8) is 0 Å². The van der Waals surface area contributed by atoms with Crippen molar-refractivity contribution >= 4 is 28.2 Å². The zero-order valence-electron chi connectivity index (χ0n) is 21.6. The number of hydrogen-bond donors (Lipinski definition) is 1. The highest BCUT2D eigenvalue weighted by molar-refractivity contribution is 7.17. The molecule has 0 bridgehead atoms. The van der Waals surface area contributed by atoms with Gasteiger partial charge in [-0.05, 0) is 74.4 Å². The van der Waals surface area contributed by atoms with Crippen LogP contribution in [0.3, 0.4) is 0 Å². The number of likely N-dealkylation sites (tertiary alicyclic amines) is 1. The highest BCUT2D eigenvalue weighted by Crippen LogP contribution is 2.35. The summed E-state index contributed by atoms with van der Waals surface area (Å²) in [7, 11) is 1.61. The van der Waals surface area contributed by atoms with Crippen molar-refractivity contribution < 1.29 is 13.9 Å². The van der Waals surface area contributed by atoms with Gasteiger partial charge in [0.1, 0.15) is 17.3 Å². The third-order valence-electron chi connectivity index (χ3n) is 6.84. The Kier molecular flexibility index (Phi) is 6.70. The molecule has 4 heterocycles. The van der Waals surface area contributed by atoms with Crippen molar-refractivity contribution in [2.75, 3.05) is 25.5 Å². The minimum Gasteiger partial charge on any atom is -0.497 e. The monoisotopic (exact) mass is 542 g/mol. The summed E-state index contributed by atoms with van der Waals surface area (Å²) in [6.07, 6.45) is 5.54. The number of piperidine rings is 1. The van der Waals surface area contributed by atoms with Crippen LogP contribution in [0.5, 0.6) is 5.75 Å². The van der Waals surface area contributed by atoms with Crippen LogP contribution in [0.15, 0.2) is 67.0 Å². The van der Waals surface area contributed by atoms with E-state index in [1.807, 2.05) is 28.5 Å². The molecule has 1 fully saturated rings. The van der Waals surface area contributed by atoms with Crippen molar-refractivity contribution in [1.82, 2.24) is 24.3 Å². The number of methoxy groups -OCH3 is 1. The number of imidazole rings is 1. The molecular formula is C29H27FN6O2S. The van der Waals surface area contributed by atoms with Gasteiger partial charge in [-0.2, -0.15) is 0 Å². The number of aromatic nitrogens is 4. The number of rotatable bonds is 6. The number of halogens is 1. The molecule has 1 atom stereocenters. The summed E-state index contributed by atoms with van der Waals surface area (Å²) in [5.41, 5.74) is 3.72. The molecule has 2 aromatic carbocycles. The van der Waals surface area contributed by atoms with Crippen LogP contribution in [0.1, 0.15) is 28.1 Å². The number of nitrogens with zero attached hydrogens (tertiary/aromatic N) is 5. The Labute approximate surface area is 229 Å². The Balaban J connectivity index is 1.25. The SMILES string of the molecule is COc1ccc(C(=O)N2CCC[C@@H](Nc3nccc(-c4c(-c5ccc(F)cc5)nc5sc(C)cn45)n3)C2)cc1. The molecule has 3 aromatic heterocycles. The highest BCUT2D eigenvalue weighted by atomic mass is 32.1. The minimum absolute atomic E-state index is 0.00255. The van der Waals surface area contributed by atoms with Gasteiger partial charge in [0, 0.05) is 47.5 Å². The fourth-order valence-corrected chi connectivity index (χ4v) is 5.77. The van der Waals surface area contributed by atoms with Crippen molar-refractivity contribution in [2.45, 2.75) is 25.8 Å². The van der Waals surface area contributed by atoms with Gasteiger partial charge in [-0.1, -0.05) is 0 Å². The molecule has 198 valence electrons. The molecule has 10 heteroatoms. The lowest BCUT2D eigenvalue weighted by Gasteiger charge is -2.33. The summed E-state index contributed by atoms with van der Waals surface area (Å²) in [6, 6.07) is 15.4. The largest absolute Gasteiger partial charge is 0.497 e. The van der Waals surface area contributed by atoms with Gasteiger partial charge in [-0.15, -0.1) is 11.3 Å². The number of amides is 1. The van der Waals surface area contributed by atoms with Gasteiger partial charge >= 0.3 is 0 Å². The molecule has 0 saturated carbocycles. The minimum atomic E-state index is -0.294. The van der Waals surface area contributed by atoms with E-state index in [-0.39, 0.29) is 17.8 Å². The Hall–Kier alpha value is -4.31. The zero-order chi connectivity index (χ0) is 26.9. The van der Waals surface area contributed by atoms with E-state index >= 15 is 0 Å². The standard InChI is InChI=1S/C29H27FN6O2S/c1-18-16-36-26(25(34-29(36)39-18)19-5-9-21(30)10-6-19)24-13-14-31-28(33-24)32-22-4-3-15-35(17-22)27(37)20-7-11-23(38-2)12-8-20/h5-14,16,22H,3-4,15,17H2,1-2H3,(H,31,32,33)/t22-/m1/s1. The Morgan fingerprint density at radius 2 is 1.90 bits per heavy atom. The molecule has 0 aliphatic carbocycles. The first-order chi connectivity index (χ1) is 19.0. The molecule has 5 aromatic rings. The van der Waals surface area contributed by atoms with Crippen LogP contribution in [0, 0.1) is 12.7 Å². The van der Waals surface area contributed by atoms with E-state index in [9.17, 15) is 9.18 Å². The van der Waals surface area contributed by atoms with Crippen LogP contribution in [-0.2, 0) is 0 Å². The van der Waals surface area contributed by atoms with Crippen LogP contribution in [0.2, 0.25) is 0 Å². The summed E-state index contributed by atoms with van der Waals surface area (Å²) < 4.78 is 20.9. The fraction of sp³-hybridized carbons (Fsp3) is 0.241. The van der Waals surface area contributed by atoms with Crippen molar-refractivity contribution in [1.29, 1.82) is 0 Å². The molecule has 0 spiro atoms. The zero-order valence-corrected chi connectivity index (χ0v) is 22.4.